The molecule has 0 aliphatic rings. The molecular weight excluding hydrogens is 288 g/mol. The zero-order valence-corrected chi connectivity index (χ0v) is 13.8. The topological polar surface area (TPSA) is 54.5 Å². The summed E-state index contributed by atoms with van der Waals surface area (Å²) in [4.78, 5) is 4.26. The summed E-state index contributed by atoms with van der Waals surface area (Å²) in [5, 5.41) is 7.91. The number of benzene rings is 1. The fraction of sp³-hybridized carbons (Fsp3) is 0.278. The van der Waals surface area contributed by atoms with Gasteiger partial charge in [0.15, 0.2) is 5.96 Å². The van der Waals surface area contributed by atoms with Crippen molar-refractivity contribution in [3.63, 3.8) is 0 Å². The van der Waals surface area contributed by atoms with Crippen molar-refractivity contribution in [1.29, 1.82) is 0 Å². The predicted octanol–water partition coefficient (Wildman–Crippen LogP) is 2.94. The molecule has 120 valence electrons. The van der Waals surface area contributed by atoms with Gasteiger partial charge >= 0.3 is 0 Å². The van der Waals surface area contributed by atoms with E-state index >= 15 is 0 Å². The SMILES string of the molecule is CN=C(NCc1ccco1)NCc1c(C)c2ccccc2n1C. The van der Waals surface area contributed by atoms with Gasteiger partial charge in [0.25, 0.3) is 0 Å². The second-order valence-corrected chi connectivity index (χ2v) is 5.51. The van der Waals surface area contributed by atoms with Crippen LogP contribution >= 0.6 is 0 Å². The molecule has 0 aliphatic carbocycles. The summed E-state index contributed by atoms with van der Waals surface area (Å²) in [6.07, 6.45) is 1.67. The van der Waals surface area contributed by atoms with Crippen LogP contribution < -0.4 is 10.6 Å². The van der Waals surface area contributed by atoms with Crippen molar-refractivity contribution < 1.29 is 4.42 Å². The average molecular weight is 310 g/mol. The maximum absolute atomic E-state index is 5.32. The maximum atomic E-state index is 5.32. The Kier molecular flexibility index (Phi) is 4.37. The average Bonchev–Trinajstić information content (AvgIpc) is 3.17. The normalized spacial score (nSPS) is 11.9. The van der Waals surface area contributed by atoms with Crippen LogP contribution in [0.3, 0.4) is 0 Å². The fourth-order valence-corrected chi connectivity index (χ4v) is 2.86. The minimum absolute atomic E-state index is 0.612. The molecule has 0 spiro atoms. The molecule has 2 aromatic heterocycles. The van der Waals surface area contributed by atoms with E-state index in [1.54, 1.807) is 13.3 Å². The van der Waals surface area contributed by atoms with Gasteiger partial charge in [-0.2, -0.15) is 0 Å². The Bertz CT molecular complexity index is 776. The number of furan rings is 1. The maximum Gasteiger partial charge on any atom is 0.191 e. The molecule has 3 aromatic rings. The summed E-state index contributed by atoms with van der Waals surface area (Å²) < 4.78 is 7.55. The van der Waals surface area contributed by atoms with E-state index in [9.17, 15) is 0 Å². The van der Waals surface area contributed by atoms with Crippen molar-refractivity contribution in [2.45, 2.75) is 20.0 Å². The molecule has 2 heterocycles. The lowest BCUT2D eigenvalue weighted by atomic mass is 10.1. The van der Waals surface area contributed by atoms with E-state index in [2.05, 4.69) is 58.4 Å². The molecule has 23 heavy (non-hydrogen) atoms. The van der Waals surface area contributed by atoms with Crippen LogP contribution in [0, 0.1) is 6.92 Å². The van der Waals surface area contributed by atoms with Gasteiger partial charge in [0, 0.05) is 30.7 Å². The molecule has 0 radical (unpaired) electrons. The zero-order chi connectivity index (χ0) is 16.2. The third kappa shape index (κ3) is 3.08. The third-order valence-corrected chi connectivity index (χ3v) is 4.16. The van der Waals surface area contributed by atoms with Gasteiger partial charge in [0.2, 0.25) is 0 Å². The number of guanidine groups is 1. The minimum atomic E-state index is 0.612. The first-order chi connectivity index (χ1) is 11.2. The van der Waals surface area contributed by atoms with Crippen LogP contribution in [0.5, 0.6) is 0 Å². The van der Waals surface area contributed by atoms with Crippen LogP contribution in [0.1, 0.15) is 17.0 Å². The van der Waals surface area contributed by atoms with Gasteiger partial charge in [0.1, 0.15) is 5.76 Å². The number of para-hydroxylation sites is 1. The fourth-order valence-electron chi connectivity index (χ4n) is 2.86. The molecule has 0 saturated carbocycles. The summed E-state index contributed by atoms with van der Waals surface area (Å²) in [5.41, 5.74) is 3.81. The number of nitrogens with zero attached hydrogens (tertiary/aromatic N) is 2. The Balaban J connectivity index is 1.69. The first-order valence-corrected chi connectivity index (χ1v) is 7.70. The molecular formula is C18H22N4O. The molecule has 5 nitrogen and oxygen atoms in total. The van der Waals surface area contributed by atoms with Crippen LogP contribution in [-0.4, -0.2) is 17.6 Å². The van der Waals surface area contributed by atoms with Crippen molar-refractivity contribution in [2.75, 3.05) is 7.05 Å². The number of nitrogens with one attached hydrogen (secondary N) is 2. The lowest BCUT2D eigenvalue weighted by Crippen LogP contribution is -2.36. The van der Waals surface area contributed by atoms with Gasteiger partial charge in [-0.15, -0.1) is 0 Å². The Hall–Kier alpha value is -2.69. The van der Waals surface area contributed by atoms with Crippen molar-refractivity contribution >= 4 is 16.9 Å². The molecule has 0 saturated heterocycles. The smallest absolute Gasteiger partial charge is 0.191 e. The number of aliphatic imine (C=N–C) groups is 1. The Morgan fingerprint density at radius 2 is 1.91 bits per heavy atom. The lowest BCUT2D eigenvalue weighted by Gasteiger charge is -2.12. The molecule has 1 aromatic carbocycles. The Labute approximate surface area is 136 Å². The standard InChI is InChI=1S/C18H22N4O/c1-13-15-8-4-5-9-16(15)22(3)17(13)12-21-18(19-2)20-11-14-7-6-10-23-14/h4-10H,11-12H2,1-3H3,(H2,19,20,21). The second-order valence-electron chi connectivity index (χ2n) is 5.51. The highest BCUT2D eigenvalue weighted by Gasteiger charge is 2.11. The highest BCUT2D eigenvalue weighted by atomic mass is 16.3. The summed E-state index contributed by atoms with van der Waals surface area (Å²) >= 11 is 0. The zero-order valence-electron chi connectivity index (χ0n) is 13.8. The quantitative estimate of drug-likeness (QED) is 0.575. The van der Waals surface area contributed by atoms with Crippen LogP contribution in [0.15, 0.2) is 52.1 Å². The first-order valence-electron chi connectivity index (χ1n) is 7.70. The van der Waals surface area contributed by atoms with E-state index in [0.717, 1.165) is 18.3 Å². The highest BCUT2D eigenvalue weighted by Crippen LogP contribution is 2.24. The van der Waals surface area contributed by atoms with E-state index in [0.29, 0.717) is 6.54 Å². The number of rotatable bonds is 4. The van der Waals surface area contributed by atoms with E-state index in [1.807, 2.05) is 12.1 Å². The van der Waals surface area contributed by atoms with Crippen molar-refractivity contribution in [3.05, 3.63) is 59.7 Å². The number of aryl methyl sites for hydroxylation is 2. The molecule has 0 amide bonds. The van der Waals surface area contributed by atoms with Gasteiger partial charge in [-0.3, -0.25) is 4.99 Å². The summed E-state index contributed by atoms with van der Waals surface area (Å²) in [6, 6.07) is 12.3. The van der Waals surface area contributed by atoms with Crippen molar-refractivity contribution in [3.8, 4) is 0 Å². The molecule has 0 bridgehead atoms. The van der Waals surface area contributed by atoms with Gasteiger partial charge in [-0.1, -0.05) is 18.2 Å². The van der Waals surface area contributed by atoms with Crippen LogP contribution in [0.25, 0.3) is 10.9 Å². The Morgan fingerprint density at radius 1 is 1.13 bits per heavy atom. The van der Waals surface area contributed by atoms with Crippen molar-refractivity contribution in [1.82, 2.24) is 15.2 Å². The summed E-state index contributed by atoms with van der Waals surface area (Å²) in [7, 11) is 3.87. The number of hydrogen-bond acceptors (Lipinski definition) is 2. The van der Waals surface area contributed by atoms with Crippen LogP contribution in [0.2, 0.25) is 0 Å². The minimum Gasteiger partial charge on any atom is -0.467 e. The predicted molar refractivity (Wildman–Crippen MR) is 93.4 cm³/mol. The van der Waals surface area contributed by atoms with Crippen LogP contribution in [0.4, 0.5) is 0 Å². The summed E-state index contributed by atoms with van der Waals surface area (Å²) in [6.45, 7) is 3.49. The molecule has 0 fully saturated rings. The third-order valence-electron chi connectivity index (χ3n) is 4.16. The van der Waals surface area contributed by atoms with E-state index in [1.165, 1.54) is 22.2 Å². The lowest BCUT2D eigenvalue weighted by molar-refractivity contribution is 0.501. The van der Waals surface area contributed by atoms with Gasteiger partial charge < -0.3 is 19.6 Å². The molecule has 3 rings (SSSR count). The van der Waals surface area contributed by atoms with Crippen LogP contribution in [-0.2, 0) is 20.1 Å². The molecule has 0 unspecified atom stereocenters. The molecule has 5 heteroatoms. The molecule has 0 aliphatic heterocycles. The first kappa shape index (κ1) is 15.2. The summed E-state index contributed by atoms with van der Waals surface area (Å²) in [5.74, 6) is 1.64. The molecule has 2 N–H and O–H groups in total. The molecule has 0 atom stereocenters. The van der Waals surface area contributed by atoms with E-state index in [-0.39, 0.29) is 0 Å². The Morgan fingerprint density at radius 3 is 2.61 bits per heavy atom. The van der Waals surface area contributed by atoms with Gasteiger partial charge in [0.05, 0.1) is 19.4 Å². The van der Waals surface area contributed by atoms with E-state index < -0.39 is 0 Å². The number of aromatic nitrogens is 1. The van der Waals surface area contributed by atoms with Crippen molar-refractivity contribution in [2.24, 2.45) is 12.0 Å². The monoisotopic (exact) mass is 310 g/mol. The second kappa shape index (κ2) is 6.60. The van der Waals surface area contributed by atoms with Gasteiger partial charge in [-0.25, -0.2) is 0 Å². The highest BCUT2D eigenvalue weighted by molar-refractivity contribution is 5.85. The number of hydrogen-bond donors (Lipinski definition) is 2. The number of fused-ring (bicyclic) bond motifs is 1. The van der Waals surface area contributed by atoms with Gasteiger partial charge in [-0.05, 0) is 30.7 Å². The van der Waals surface area contributed by atoms with E-state index in [4.69, 9.17) is 4.42 Å². The largest absolute Gasteiger partial charge is 0.467 e.